The lowest BCUT2D eigenvalue weighted by Crippen LogP contribution is -2.24. The summed E-state index contributed by atoms with van der Waals surface area (Å²) in [6, 6.07) is 7.35. The number of likely N-dealkylation sites (N-methyl/N-ethyl adjacent to an activating group) is 1. The van der Waals surface area contributed by atoms with Gasteiger partial charge in [-0.2, -0.15) is 5.10 Å². The summed E-state index contributed by atoms with van der Waals surface area (Å²) in [6.07, 6.45) is 2.26. The molecule has 1 unspecified atom stereocenters. The number of hydrogen-bond donors (Lipinski definition) is 3. The number of aromatic hydroxyl groups is 1. The van der Waals surface area contributed by atoms with Crippen LogP contribution in [0.3, 0.4) is 0 Å². The summed E-state index contributed by atoms with van der Waals surface area (Å²) in [4.78, 5) is 4.16. The van der Waals surface area contributed by atoms with Crippen molar-refractivity contribution in [3.8, 4) is 5.75 Å². The van der Waals surface area contributed by atoms with Gasteiger partial charge in [-0.3, -0.25) is 5.10 Å². The second kappa shape index (κ2) is 5.45. The van der Waals surface area contributed by atoms with E-state index in [-0.39, 0.29) is 11.8 Å². The molecule has 3 N–H and O–H groups in total. The maximum atomic E-state index is 9.43. The normalized spacial score (nSPS) is 12.5. The predicted molar refractivity (Wildman–Crippen MR) is 64.6 cm³/mol. The van der Waals surface area contributed by atoms with Gasteiger partial charge in [-0.05, 0) is 30.7 Å². The third kappa shape index (κ3) is 3.04. The molecule has 90 valence electrons. The number of benzene rings is 1. The maximum Gasteiger partial charge on any atom is 0.141 e. The van der Waals surface area contributed by atoms with Crippen molar-refractivity contribution in [3.63, 3.8) is 0 Å². The Hall–Kier alpha value is -1.88. The molecule has 5 heteroatoms. The molecule has 0 aliphatic carbocycles. The standard InChI is InChI=1S/C12H16N4O/c1-2-13-11(12-14-8-15-16-12)7-9-4-3-5-10(17)6-9/h3-6,8,11,13,17H,2,7H2,1H3,(H,14,15,16). The Morgan fingerprint density at radius 1 is 1.47 bits per heavy atom. The fourth-order valence-corrected chi connectivity index (χ4v) is 1.81. The smallest absolute Gasteiger partial charge is 0.141 e. The molecule has 5 nitrogen and oxygen atoms in total. The van der Waals surface area contributed by atoms with Gasteiger partial charge in [-0.25, -0.2) is 4.98 Å². The van der Waals surface area contributed by atoms with E-state index >= 15 is 0 Å². The van der Waals surface area contributed by atoms with Crippen molar-refractivity contribution in [2.45, 2.75) is 19.4 Å². The molecule has 1 heterocycles. The molecule has 17 heavy (non-hydrogen) atoms. The van der Waals surface area contributed by atoms with Gasteiger partial charge in [0.1, 0.15) is 17.9 Å². The van der Waals surface area contributed by atoms with E-state index in [2.05, 4.69) is 20.5 Å². The second-order valence-electron chi connectivity index (χ2n) is 3.86. The van der Waals surface area contributed by atoms with Crippen molar-refractivity contribution in [1.82, 2.24) is 20.5 Å². The number of rotatable bonds is 5. The Morgan fingerprint density at radius 2 is 2.35 bits per heavy atom. The molecule has 0 fully saturated rings. The van der Waals surface area contributed by atoms with Gasteiger partial charge in [0.2, 0.25) is 0 Å². The first-order chi connectivity index (χ1) is 8.29. The van der Waals surface area contributed by atoms with E-state index < -0.39 is 0 Å². The zero-order valence-corrected chi connectivity index (χ0v) is 9.72. The van der Waals surface area contributed by atoms with Gasteiger partial charge in [0.15, 0.2) is 0 Å². The van der Waals surface area contributed by atoms with E-state index in [1.807, 2.05) is 19.1 Å². The Labute approximate surface area is 99.9 Å². The van der Waals surface area contributed by atoms with Gasteiger partial charge in [-0.1, -0.05) is 19.1 Å². The molecule has 0 aliphatic heterocycles. The fraction of sp³-hybridized carbons (Fsp3) is 0.333. The van der Waals surface area contributed by atoms with Crippen molar-refractivity contribution in [3.05, 3.63) is 42.0 Å². The molecule has 1 atom stereocenters. The number of phenolic OH excluding ortho intramolecular Hbond substituents is 1. The van der Waals surface area contributed by atoms with E-state index in [9.17, 15) is 5.11 Å². The number of nitrogens with one attached hydrogen (secondary N) is 2. The third-order valence-corrected chi connectivity index (χ3v) is 2.56. The maximum absolute atomic E-state index is 9.43. The summed E-state index contributed by atoms with van der Waals surface area (Å²) < 4.78 is 0. The summed E-state index contributed by atoms with van der Waals surface area (Å²) in [6.45, 7) is 2.90. The van der Waals surface area contributed by atoms with Crippen LogP contribution in [0.5, 0.6) is 5.75 Å². The minimum atomic E-state index is 0.0873. The van der Waals surface area contributed by atoms with Crippen LogP contribution in [0.1, 0.15) is 24.4 Å². The largest absolute Gasteiger partial charge is 0.508 e. The van der Waals surface area contributed by atoms with Gasteiger partial charge in [0.25, 0.3) is 0 Å². The molecule has 1 aromatic carbocycles. The van der Waals surface area contributed by atoms with E-state index in [0.29, 0.717) is 0 Å². The van der Waals surface area contributed by atoms with Crippen LogP contribution in [0.25, 0.3) is 0 Å². The highest BCUT2D eigenvalue weighted by atomic mass is 16.3. The Kier molecular flexibility index (Phi) is 3.72. The molecule has 0 bridgehead atoms. The summed E-state index contributed by atoms with van der Waals surface area (Å²) in [7, 11) is 0. The van der Waals surface area contributed by atoms with Crippen LogP contribution in [-0.4, -0.2) is 26.8 Å². The van der Waals surface area contributed by atoms with Crippen LogP contribution in [0, 0.1) is 0 Å². The van der Waals surface area contributed by atoms with Gasteiger partial charge in [0, 0.05) is 0 Å². The van der Waals surface area contributed by atoms with E-state index in [1.165, 1.54) is 6.33 Å². The first-order valence-corrected chi connectivity index (χ1v) is 5.66. The average Bonchev–Trinajstić information content (AvgIpc) is 2.82. The molecule has 0 saturated carbocycles. The number of nitrogens with zero attached hydrogens (tertiary/aromatic N) is 2. The van der Waals surface area contributed by atoms with Gasteiger partial charge in [-0.15, -0.1) is 0 Å². The lowest BCUT2D eigenvalue weighted by atomic mass is 10.1. The molecule has 0 aliphatic rings. The number of aromatic amines is 1. The van der Waals surface area contributed by atoms with Gasteiger partial charge >= 0.3 is 0 Å². The number of H-pyrrole nitrogens is 1. The highest BCUT2D eigenvalue weighted by molar-refractivity contribution is 5.28. The summed E-state index contributed by atoms with van der Waals surface area (Å²) in [5.74, 6) is 1.10. The van der Waals surface area contributed by atoms with Crippen LogP contribution < -0.4 is 5.32 Å². The fourth-order valence-electron chi connectivity index (χ4n) is 1.81. The topological polar surface area (TPSA) is 73.8 Å². The number of phenols is 1. The van der Waals surface area contributed by atoms with E-state index in [0.717, 1.165) is 24.4 Å². The molecule has 2 aromatic rings. The average molecular weight is 232 g/mol. The molecule has 2 rings (SSSR count). The van der Waals surface area contributed by atoms with Crippen molar-refractivity contribution in [2.75, 3.05) is 6.54 Å². The molecule has 0 saturated heterocycles. The zero-order chi connectivity index (χ0) is 12.1. The molecule has 0 radical (unpaired) electrons. The summed E-state index contributed by atoms with van der Waals surface area (Å²) in [5.41, 5.74) is 1.06. The quantitative estimate of drug-likeness (QED) is 0.728. The van der Waals surface area contributed by atoms with Crippen LogP contribution in [0.15, 0.2) is 30.6 Å². The molecular weight excluding hydrogens is 216 g/mol. The van der Waals surface area contributed by atoms with Crippen LogP contribution >= 0.6 is 0 Å². The molecular formula is C12H16N4O. The highest BCUT2D eigenvalue weighted by Crippen LogP contribution is 2.18. The van der Waals surface area contributed by atoms with Crippen LogP contribution in [-0.2, 0) is 6.42 Å². The van der Waals surface area contributed by atoms with E-state index in [1.54, 1.807) is 12.1 Å². The van der Waals surface area contributed by atoms with E-state index in [4.69, 9.17) is 0 Å². The minimum absolute atomic E-state index is 0.0873. The molecule has 0 spiro atoms. The zero-order valence-electron chi connectivity index (χ0n) is 9.72. The first-order valence-electron chi connectivity index (χ1n) is 5.66. The SMILES string of the molecule is CCNC(Cc1cccc(O)c1)c1ncn[nH]1. The van der Waals surface area contributed by atoms with Crippen molar-refractivity contribution < 1.29 is 5.11 Å². The Balaban J connectivity index is 2.13. The Morgan fingerprint density at radius 3 is 3.00 bits per heavy atom. The van der Waals surface area contributed by atoms with Crippen molar-refractivity contribution >= 4 is 0 Å². The monoisotopic (exact) mass is 232 g/mol. The second-order valence-corrected chi connectivity index (χ2v) is 3.86. The third-order valence-electron chi connectivity index (χ3n) is 2.56. The minimum Gasteiger partial charge on any atom is -0.508 e. The lowest BCUT2D eigenvalue weighted by Gasteiger charge is -2.15. The van der Waals surface area contributed by atoms with Crippen molar-refractivity contribution in [1.29, 1.82) is 0 Å². The highest BCUT2D eigenvalue weighted by Gasteiger charge is 2.13. The molecule has 0 amide bonds. The van der Waals surface area contributed by atoms with Gasteiger partial charge in [0.05, 0.1) is 6.04 Å². The van der Waals surface area contributed by atoms with Crippen LogP contribution in [0.4, 0.5) is 0 Å². The molecule has 1 aromatic heterocycles. The first kappa shape index (κ1) is 11.6. The Bertz CT molecular complexity index is 455. The summed E-state index contributed by atoms with van der Waals surface area (Å²) >= 11 is 0. The number of hydrogen-bond acceptors (Lipinski definition) is 4. The number of aromatic nitrogens is 3. The lowest BCUT2D eigenvalue weighted by molar-refractivity contribution is 0.472. The summed E-state index contributed by atoms with van der Waals surface area (Å²) in [5, 5.41) is 19.5. The van der Waals surface area contributed by atoms with Crippen molar-refractivity contribution in [2.24, 2.45) is 0 Å². The van der Waals surface area contributed by atoms with Crippen LogP contribution in [0.2, 0.25) is 0 Å². The predicted octanol–water partition coefficient (Wildman–Crippen LogP) is 1.40. The van der Waals surface area contributed by atoms with Gasteiger partial charge < -0.3 is 10.4 Å².